The minimum absolute atomic E-state index is 0.168. The smallest absolute Gasteiger partial charge is 0.223 e. The lowest BCUT2D eigenvalue weighted by Crippen LogP contribution is -2.32. The van der Waals surface area contributed by atoms with Crippen LogP contribution in [0.4, 0.5) is 0 Å². The van der Waals surface area contributed by atoms with E-state index in [4.69, 9.17) is 0 Å². The Hall–Kier alpha value is -1.32. The van der Waals surface area contributed by atoms with E-state index >= 15 is 0 Å². The van der Waals surface area contributed by atoms with E-state index in [9.17, 15) is 4.79 Å². The molecule has 0 aliphatic carbocycles. The zero-order valence-corrected chi connectivity index (χ0v) is 10.6. The molecule has 2 heterocycles. The number of hydrogen-bond donors (Lipinski definition) is 1. The SMILES string of the molecule is CCC(C)CC(=O)N1CCCC1c1ncc[nH]1. The van der Waals surface area contributed by atoms with Crippen molar-refractivity contribution >= 4 is 5.91 Å². The van der Waals surface area contributed by atoms with Crippen LogP contribution in [0, 0.1) is 5.92 Å². The minimum Gasteiger partial charge on any atom is -0.347 e. The Morgan fingerprint density at radius 1 is 1.71 bits per heavy atom. The molecule has 2 rings (SSSR count). The maximum Gasteiger partial charge on any atom is 0.223 e. The van der Waals surface area contributed by atoms with Gasteiger partial charge in [0.1, 0.15) is 5.82 Å². The van der Waals surface area contributed by atoms with Crippen molar-refractivity contribution < 1.29 is 4.79 Å². The van der Waals surface area contributed by atoms with Crippen LogP contribution in [-0.4, -0.2) is 27.3 Å². The van der Waals surface area contributed by atoms with Crippen molar-refractivity contribution in [3.63, 3.8) is 0 Å². The Kier molecular flexibility index (Phi) is 3.82. The summed E-state index contributed by atoms with van der Waals surface area (Å²) in [6.07, 6.45) is 7.41. The standard InChI is InChI=1S/C13H21N3O/c1-3-10(2)9-12(17)16-8-4-5-11(16)13-14-6-7-15-13/h6-7,10-11H,3-5,8-9H2,1-2H3,(H,14,15). The zero-order chi connectivity index (χ0) is 12.3. The van der Waals surface area contributed by atoms with E-state index < -0.39 is 0 Å². The number of amides is 1. The van der Waals surface area contributed by atoms with Gasteiger partial charge in [-0.25, -0.2) is 4.98 Å². The number of aromatic nitrogens is 2. The summed E-state index contributed by atoms with van der Waals surface area (Å²) in [5, 5.41) is 0. The van der Waals surface area contributed by atoms with Crippen molar-refractivity contribution in [2.75, 3.05) is 6.54 Å². The van der Waals surface area contributed by atoms with Gasteiger partial charge in [-0.15, -0.1) is 0 Å². The van der Waals surface area contributed by atoms with Crippen LogP contribution in [-0.2, 0) is 4.79 Å². The molecule has 0 bridgehead atoms. The van der Waals surface area contributed by atoms with Gasteiger partial charge in [0, 0.05) is 25.4 Å². The Morgan fingerprint density at radius 3 is 3.18 bits per heavy atom. The lowest BCUT2D eigenvalue weighted by Gasteiger charge is -2.24. The second kappa shape index (κ2) is 5.34. The molecule has 1 saturated heterocycles. The van der Waals surface area contributed by atoms with Crippen molar-refractivity contribution in [3.05, 3.63) is 18.2 Å². The highest BCUT2D eigenvalue weighted by atomic mass is 16.2. The molecule has 94 valence electrons. The lowest BCUT2D eigenvalue weighted by atomic mass is 10.0. The first-order chi connectivity index (χ1) is 8.22. The van der Waals surface area contributed by atoms with Crippen LogP contribution in [0.1, 0.15) is 51.4 Å². The summed E-state index contributed by atoms with van der Waals surface area (Å²) in [4.78, 5) is 21.6. The number of H-pyrrole nitrogens is 1. The molecule has 1 fully saturated rings. The summed E-state index contributed by atoms with van der Waals surface area (Å²) in [5.74, 6) is 1.68. The Morgan fingerprint density at radius 2 is 2.53 bits per heavy atom. The molecule has 1 aromatic heterocycles. The predicted octanol–water partition coefficient (Wildman–Crippen LogP) is 2.51. The number of carbonyl (C=O) groups is 1. The van der Waals surface area contributed by atoms with E-state index in [1.54, 1.807) is 6.20 Å². The number of likely N-dealkylation sites (tertiary alicyclic amines) is 1. The molecule has 4 nitrogen and oxygen atoms in total. The van der Waals surface area contributed by atoms with Crippen molar-refractivity contribution in [2.24, 2.45) is 5.92 Å². The third kappa shape index (κ3) is 2.68. The molecule has 1 amide bonds. The number of nitrogens with zero attached hydrogens (tertiary/aromatic N) is 2. The molecule has 4 heteroatoms. The van der Waals surface area contributed by atoms with E-state index in [0.29, 0.717) is 12.3 Å². The summed E-state index contributed by atoms with van der Waals surface area (Å²) in [6, 6.07) is 0.168. The van der Waals surface area contributed by atoms with Crippen LogP contribution in [0.3, 0.4) is 0 Å². The largest absolute Gasteiger partial charge is 0.347 e. The summed E-state index contributed by atoms with van der Waals surface area (Å²) in [5.41, 5.74) is 0. The van der Waals surface area contributed by atoms with Crippen LogP contribution in [0.25, 0.3) is 0 Å². The first-order valence-electron chi connectivity index (χ1n) is 6.51. The first kappa shape index (κ1) is 12.1. The molecule has 0 saturated carbocycles. The van der Waals surface area contributed by atoms with Gasteiger partial charge < -0.3 is 9.88 Å². The zero-order valence-electron chi connectivity index (χ0n) is 10.6. The molecule has 2 unspecified atom stereocenters. The highest BCUT2D eigenvalue weighted by molar-refractivity contribution is 5.77. The minimum atomic E-state index is 0.168. The molecule has 1 aliphatic heterocycles. The first-order valence-corrected chi connectivity index (χ1v) is 6.51. The molecule has 0 spiro atoms. The Balaban J connectivity index is 2.02. The second-order valence-corrected chi connectivity index (χ2v) is 4.94. The van der Waals surface area contributed by atoms with Crippen LogP contribution < -0.4 is 0 Å². The fourth-order valence-electron chi connectivity index (χ4n) is 2.37. The van der Waals surface area contributed by atoms with Crippen LogP contribution >= 0.6 is 0 Å². The van der Waals surface area contributed by atoms with E-state index in [1.807, 2.05) is 11.1 Å². The molecular weight excluding hydrogens is 214 g/mol. The predicted molar refractivity (Wildman–Crippen MR) is 66.3 cm³/mol. The fourth-order valence-corrected chi connectivity index (χ4v) is 2.37. The van der Waals surface area contributed by atoms with Crippen molar-refractivity contribution in [1.29, 1.82) is 0 Å². The van der Waals surface area contributed by atoms with Gasteiger partial charge in [0.05, 0.1) is 6.04 Å². The maximum atomic E-state index is 12.2. The number of carbonyl (C=O) groups excluding carboxylic acids is 1. The average Bonchev–Trinajstić information content (AvgIpc) is 2.98. The van der Waals surface area contributed by atoms with Gasteiger partial charge in [-0.1, -0.05) is 20.3 Å². The topological polar surface area (TPSA) is 49.0 Å². The fraction of sp³-hybridized carbons (Fsp3) is 0.692. The summed E-state index contributed by atoms with van der Waals surface area (Å²) < 4.78 is 0. The highest BCUT2D eigenvalue weighted by Gasteiger charge is 2.31. The highest BCUT2D eigenvalue weighted by Crippen LogP contribution is 2.30. The number of aromatic amines is 1. The molecule has 1 aliphatic rings. The molecule has 1 aromatic rings. The van der Waals surface area contributed by atoms with Gasteiger partial charge >= 0.3 is 0 Å². The normalized spacial score (nSPS) is 21.8. The van der Waals surface area contributed by atoms with Crippen molar-refractivity contribution in [2.45, 2.75) is 45.6 Å². The van der Waals surface area contributed by atoms with Crippen molar-refractivity contribution in [3.8, 4) is 0 Å². The molecule has 0 aromatic carbocycles. The molecule has 0 radical (unpaired) electrons. The van der Waals surface area contributed by atoms with Crippen LogP contribution in [0.2, 0.25) is 0 Å². The van der Waals surface area contributed by atoms with Crippen LogP contribution in [0.15, 0.2) is 12.4 Å². The van der Waals surface area contributed by atoms with Gasteiger partial charge in [0.15, 0.2) is 0 Å². The monoisotopic (exact) mass is 235 g/mol. The molecule has 2 atom stereocenters. The van der Waals surface area contributed by atoms with E-state index in [1.165, 1.54) is 0 Å². The Bertz CT molecular complexity index is 361. The van der Waals surface area contributed by atoms with E-state index in [0.717, 1.165) is 31.6 Å². The quantitative estimate of drug-likeness (QED) is 0.871. The van der Waals surface area contributed by atoms with Gasteiger partial charge in [0.25, 0.3) is 0 Å². The third-order valence-electron chi connectivity index (χ3n) is 3.63. The lowest BCUT2D eigenvalue weighted by molar-refractivity contribution is -0.133. The van der Waals surface area contributed by atoms with Crippen molar-refractivity contribution in [1.82, 2.24) is 14.9 Å². The molecular formula is C13H21N3O. The van der Waals surface area contributed by atoms with Gasteiger partial charge in [-0.05, 0) is 18.8 Å². The number of rotatable bonds is 4. The third-order valence-corrected chi connectivity index (χ3v) is 3.63. The van der Waals surface area contributed by atoms with Gasteiger partial charge in [-0.3, -0.25) is 4.79 Å². The second-order valence-electron chi connectivity index (χ2n) is 4.94. The van der Waals surface area contributed by atoms with E-state index in [-0.39, 0.29) is 11.9 Å². The molecule has 17 heavy (non-hydrogen) atoms. The van der Waals surface area contributed by atoms with E-state index in [2.05, 4.69) is 23.8 Å². The number of nitrogens with one attached hydrogen (secondary N) is 1. The Labute approximate surface area is 102 Å². The number of hydrogen-bond acceptors (Lipinski definition) is 2. The summed E-state index contributed by atoms with van der Waals surface area (Å²) in [6.45, 7) is 5.14. The van der Waals surface area contributed by atoms with Crippen LogP contribution in [0.5, 0.6) is 0 Å². The maximum absolute atomic E-state index is 12.2. The summed E-state index contributed by atoms with van der Waals surface area (Å²) in [7, 11) is 0. The van der Waals surface area contributed by atoms with Gasteiger partial charge in [-0.2, -0.15) is 0 Å². The number of imidazole rings is 1. The average molecular weight is 235 g/mol. The molecule has 1 N–H and O–H groups in total. The van der Waals surface area contributed by atoms with Gasteiger partial charge in [0.2, 0.25) is 5.91 Å². The summed E-state index contributed by atoms with van der Waals surface area (Å²) >= 11 is 0.